The maximum Gasteiger partial charge on any atom is 0.266 e. The van der Waals surface area contributed by atoms with Crippen molar-refractivity contribution in [2.24, 2.45) is 0 Å². The van der Waals surface area contributed by atoms with Gasteiger partial charge >= 0.3 is 0 Å². The number of nitrogens with one attached hydrogen (secondary N) is 2. The van der Waals surface area contributed by atoms with Gasteiger partial charge in [0.25, 0.3) is 11.8 Å². The van der Waals surface area contributed by atoms with Gasteiger partial charge in [-0.05, 0) is 76.1 Å². The van der Waals surface area contributed by atoms with Crippen molar-refractivity contribution in [2.75, 3.05) is 17.2 Å². The van der Waals surface area contributed by atoms with Crippen molar-refractivity contribution in [2.45, 2.75) is 0 Å². The Hall–Kier alpha value is -3.96. The summed E-state index contributed by atoms with van der Waals surface area (Å²) < 4.78 is 19.0. The lowest BCUT2D eigenvalue weighted by molar-refractivity contribution is -0.118. The third kappa shape index (κ3) is 6.52. The average Bonchev–Trinajstić information content (AvgIpc) is 2.79. The van der Waals surface area contributed by atoms with Crippen molar-refractivity contribution in [1.29, 1.82) is 5.26 Å². The molecule has 0 unspecified atom stereocenters. The number of rotatable bonds is 7. The number of benzene rings is 3. The highest BCUT2D eigenvalue weighted by molar-refractivity contribution is 9.10. The molecule has 0 fully saturated rings. The third-order valence-corrected chi connectivity index (χ3v) is 4.77. The van der Waals surface area contributed by atoms with Crippen LogP contribution in [0.1, 0.15) is 5.56 Å². The molecule has 0 aliphatic carbocycles. The molecule has 3 aromatic carbocycles. The highest BCUT2D eigenvalue weighted by Gasteiger charge is 2.11. The number of carbonyl (C=O) groups excluding carboxylic acids is 2. The Labute approximate surface area is 192 Å². The van der Waals surface area contributed by atoms with E-state index in [-0.39, 0.29) is 12.2 Å². The van der Waals surface area contributed by atoms with Crippen molar-refractivity contribution in [3.63, 3.8) is 0 Å². The number of nitriles is 1. The van der Waals surface area contributed by atoms with Gasteiger partial charge in [0.1, 0.15) is 23.2 Å². The van der Waals surface area contributed by atoms with Gasteiger partial charge in [-0.3, -0.25) is 9.59 Å². The van der Waals surface area contributed by atoms with Crippen LogP contribution in [0.5, 0.6) is 5.75 Å². The maximum absolute atomic E-state index is 12.9. The molecular weight excluding hydrogens is 477 g/mol. The fraction of sp³-hybridized carbons (Fsp3) is 0.0417. The number of hydrogen-bond donors (Lipinski definition) is 2. The van der Waals surface area contributed by atoms with Crippen LogP contribution >= 0.6 is 15.9 Å². The molecule has 0 aliphatic rings. The van der Waals surface area contributed by atoms with Crippen LogP contribution in [0.2, 0.25) is 0 Å². The van der Waals surface area contributed by atoms with Gasteiger partial charge in [-0.2, -0.15) is 5.26 Å². The highest BCUT2D eigenvalue weighted by atomic mass is 79.9. The predicted molar refractivity (Wildman–Crippen MR) is 123 cm³/mol. The van der Waals surface area contributed by atoms with E-state index in [1.165, 1.54) is 30.3 Å². The van der Waals surface area contributed by atoms with Gasteiger partial charge < -0.3 is 15.4 Å². The molecule has 0 radical (unpaired) electrons. The molecule has 3 rings (SSSR count). The van der Waals surface area contributed by atoms with Crippen molar-refractivity contribution >= 4 is 45.2 Å². The van der Waals surface area contributed by atoms with E-state index in [0.29, 0.717) is 27.2 Å². The monoisotopic (exact) mass is 493 g/mol. The van der Waals surface area contributed by atoms with E-state index < -0.39 is 17.6 Å². The third-order valence-electron chi connectivity index (χ3n) is 4.15. The zero-order valence-electron chi connectivity index (χ0n) is 16.6. The number of nitrogens with zero attached hydrogens (tertiary/aromatic N) is 1. The van der Waals surface area contributed by atoms with Crippen LogP contribution < -0.4 is 15.4 Å². The van der Waals surface area contributed by atoms with Crippen LogP contribution in [0.25, 0.3) is 6.08 Å². The molecule has 0 atom stereocenters. The molecule has 160 valence electrons. The summed E-state index contributed by atoms with van der Waals surface area (Å²) in [6, 6.07) is 21.1. The fourth-order valence-electron chi connectivity index (χ4n) is 2.63. The van der Waals surface area contributed by atoms with Gasteiger partial charge in [-0.15, -0.1) is 0 Å². The molecule has 6 nitrogen and oxygen atoms in total. The Morgan fingerprint density at radius 2 is 1.69 bits per heavy atom. The Balaban J connectivity index is 1.62. The number of amides is 2. The zero-order valence-corrected chi connectivity index (χ0v) is 18.2. The molecule has 0 saturated heterocycles. The predicted octanol–water partition coefficient (Wildman–Crippen LogP) is 5.15. The minimum Gasteiger partial charge on any atom is -0.483 e. The molecule has 0 aliphatic heterocycles. The summed E-state index contributed by atoms with van der Waals surface area (Å²) >= 11 is 3.36. The number of anilines is 2. The summed E-state index contributed by atoms with van der Waals surface area (Å²) in [4.78, 5) is 24.4. The minimum absolute atomic E-state index is 0.0619. The first-order valence-electron chi connectivity index (χ1n) is 9.40. The van der Waals surface area contributed by atoms with E-state index in [2.05, 4.69) is 26.6 Å². The first-order valence-corrected chi connectivity index (χ1v) is 10.2. The molecule has 8 heteroatoms. The van der Waals surface area contributed by atoms with Crippen LogP contribution in [-0.2, 0) is 9.59 Å². The van der Waals surface area contributed by atoms with Crippen LogP contribution in [0.15, 0.2) is 82.8 Å². The van der Waals surface area contributed by atoms with E-state index in [4.69, 9.17) is 4.74 Å². The van der Waals surface area contributed by atoms with Crippen molar-refractivity contribution in [1.82, 2.24) is 0 Å². The summed E-state index contributed by atoms with van der Waals surface area (Å²) in [7, 11) is 0. The molecule has 0 aromatic heterocycles. The SMILES string of the molecule is N#C/C(=C\c1ccc(OCC(=O)Nc2ccc(F)cc2)c(Br)c1)C(=O)Nc1ccccc1. The Morgan fingerprint density at radius 1 is 1.00 bits per heavy atom. The molecule has 3 aromatic rings. The van der Waals surface area contributed by atoms with E-state index >= 15 is 0 Å². The summed E-state index contributed by atoms with van der Waals surface area (Å²) in [6.45, 7) is -0.256. The second-order valence-corrected chi connectivity index (χ2v) is 7.38. The van der Waals surface area contributed by atoms with Gasteiger partial charge in [-0.1, -0.05) is 24.3 Å². The molecule has 32 heavy (non-hydrogen) atoms. The second-order valence-electron chi connectivity index (χ2n) is 6.52. The Bertz CT molecular complexity index is 1190. The van der Waals surface area contributed by atoms with Crippen molar-refractivity contribution in [3.8, 4) is 11.8 Å². The van der Waals surface area contributed by atoms with Gasteiger partial charge in [-0.25, -0.2) is 4.39 Å². The minimum atomic E-state index is -0.521. The van der Waals surface area contributed by atoms with Gasteiger partial charge in [0.15, 0.2) is 6.61 Å². The van der Waals surface area contributed by atoms with Crippen molar-refractivity contribution < 1.29 is 18.7 Å². The van der Waals surface area contributed by atoms with Gasteiger partial charge in [0.2, 0.25) is 0 Å². The number of halogens is 2. The molecule has 0 saturated carbocycles. The maximum atomic E-state index is 12.9. The largest absolute Gasteiger partial charge is 0.483 e. The molecule has 2 amide bonds. The topological polar surface area (TPSA) is 91.2 Å². The smallest absolute Gasteiger partial charge is 0.266 e. The zero-order chi connectivity index (χ0) is 22.9. The highest BCUT2D eigenvalue weighted by Crippen LogP contribution is 2.27. The number of ether oxygens (including phenoxy) is 1. The Morgan fingerprint density at radius 3 is 2.34 bits per heavy atom. The van der Waals surface area contributed by atoms with E-state index in [1.54, 1.807) is 42.5 Å². The summed E-state index contributed by atoms with van der Waals surface area (Å²) in [5, 5.41) is 14.6. The molecule has 0 bridgehead atoms. The molecule has 0 heterocycles. The van der Waals surface area contributed by atoms with Crippen molar-refractivity contribution in [3.05, 3.63) is 94.2 Å². The normalized spacial score (nSPS) is 10.7. The fourth-order valence-corrected chi connectivity index (χ4v) is 3.14. The Kier molecular flexibility index (Phi) is 7.73. The number of carbonyl (C=O) groups is 2. The quantitative estimate of drug-likeness (QED) is 0.351. The standard InChI is InChI=1S/C24H17BrFN3O3/c25-21-13-16(12-17(14-27)24(31)29-19-4-2-1-3-5-19)6-11-22(21)32-15-23(30)28-20-9-7-18(26)8-10-20/h1-13H,15H2,(H,28,30)(H,29,31)/b17-12+. The van der Waals surface area contributed by atoms with Gasteiger partial charge in [0, 0.05) is 11.4 Å². The lowest BCUT2D eigenvalue weighted by Crippen LogP contribution is -2.20. The van der Waals surface area contributed by atoms with E-state index in [0.717, 1.165) is 0 Å². The second kappa shape index (κ2) is 10.9. The molecule has 0 spiro atoms. The first-order chi connectivity index (χ1) is 15.4. The van der Waals surface area contributed by atoms with Gasteiger partial charge in [0.05, 0.1) is 4.47 Å². The number of hydrogen-bond acceptors (Lipinski definition) is 4. The summed E-state index contributed by atoms with van der Waals surface area (Å²) in [5.74, 6) is -0.914. The lowest BCUT2D eigenvalue weighted by Gasteiger charge is -2.10. The average molecular weight is 494 g/mol. The number of para-hydroxylation sites is 1. The summed E-state index contributed by atoms with van der Waals surface area (Å²) in [5.41, 5.74) is 1.58. The van der Waals surface area contributed by atoms with E-state index in [9.17, 15) is 19.2 Å². The van der Waals surface area contributed by atoms with E-state index in [1.807, 2.05) is 12.1 Å². The lowest BCUT2D eigenvalue weighted by atomic mass is 10.1. The summed E-state index contributed by atoms with van der Waals surface area (Å²) in [6.07, 6.45) is 1.45. The van der Waals surface area contributed by atoms with Crippen LogP contribution in [0.3, 0.4) is 0 Å². The molecular formula is C24H17BrFN3O3. The first kappa shape index (κ1) is 22.7. The van der Waals surface area contributed by atoms with Crippen LogP contribution in [0, 0.1) is 17.1 Å². The van der Waals surface area contributed by atoms with Crippen LogP contribution in [-0.4, -0.2) is 18.4 Å². The molecule has 2 N–H and O–H groups in total. The van der Waals surface area contributed by atoms with Crippen LogP contribution in [0.4, 0.5) is 15.8 Å².